The van der Waals surface area contributed by atoms with Crippen molar-refractivity contribution in [3.05, 3.63) is 84.3 Å². The van der Waals surface area contributed by atoms with Gasteiger partial charge in [-0.3, -0.25) is 14.8 Å². The van der Waals surface area contributed by atoms with E-state index >= 15 is 0 Å². The van der Waals surface area contributed by atoms with Crippen molar-refractivity contribution in [2.75, 3.05) is 6.26 Å². The van der Waals surface area contributed by atoms with Gasteiger partial charge in [-0.2, -0.15) is 0 Å². The number of rotatable bonds is 6. The van der Waals surface area contributed by atoms with Crippen LogP contribution in [0, 0.1) is 0 Å². The van der Waals surface area contributed by atoms with Gasteiger partial charge in [-0.1, -0.05) is 29.7 Å². The molecule has 0 aliphatic rings. The van der Waals surface area contributed by atoms with Crippen molar-refractivity contribution in [2.45, 2.75) is 11.2 Å². The molecule has 1 amide bonds. The Bertz CT molecular complexity index is 1390. The zero-order chi connectivity index (χ0) is 22.0. The Hall–Kier alpha value is -3.52. The molecule has 6 nitrogen and oxygen atoms in total. The second kappa shape index (κ2) is 8.31. The first kappa shape index (κ1) is 20.7. The third kappa shape index (κ3) is 4.49. The third-order valence-corrected chi connectivity index (χ3v) is 6.34. The molecule has 2 heterocycles. The zero-order valence-electron chi connectivity index (χ0n) is 16.9. The van der Waals surface area contributed by atoms with Crippen LogP contribution in [0.4, 0.5) is 0 Å². The number of hydrogen-bond donors (Lipinski definition) is 1. The lowest BCUT2D eigenvalue weighted by atomic mass is 9.64. The minimum absolute atomic E-state index is 0.282. The maximum Gasteiger partial charge on any atom is 0.250 e. The number of pyridine rings is 2. The number of fused-ring (bicyclic) bond motifs is 1. The predicted molar refractivity (Wildman–Crippen MR) is 124 cm³/mol. The molecule has 0 saturated carbocycles. The first-order valence-electron chi connectivity index (χ1n) is 9.75. The molecule has 0 atom stereocenters. The highest BCUT2D eigenvalue weighted by Gasteiger charge is 2.13. The predicted octanol–water partition coefficient (Wildman–Crippen LogP) is 2.06. The molecule has 0 fully saturated rings. The molecule has 0 saturated heterocycles. The van der Waals surface area contributed by atoms with Gasteiger partial charge >= 0.3 is 0 Å². The van der Waals surface area contributed by atoms with E-state index in [1.807, 2.05) is 18.2 Å². The third-order valence-electron chi connectivity index (χ3n) is 5.21. The van der Waals surface area contributed by atoms with Crippen molar-refractivity contribution >= 4 is 39.4 Å². The highest BCUT2D eigenvalue weighted by Crippen LogP contribution is 2.24. The van der Waals surface area contributed by atoms with E-state index in [1.54, 1.807) is 48.8 Å². The monoisotopic (exact) mass is 429 g/mol. The van der Waals surface area contributed by atoms with E-state index in [4.69, 9.17) is 5.73 Å². The van der Waals surface area contributed by atoms with Crippen LogP contribution in [0.3, 0.4) is 0 Å². The molecule has 2 aromatic heterocycles. The normalized spacial score (nSPS) is 11.4. The van der Waals surface area contributed by atoms with Gasteiger partial charge in [0.25, 0.3) is 5.91 Å². The lowest BCUT2D eigenvalue weighted by Crippen LogP contribution is -2.22. The number of nitrogens with zero attached hydrogens (tertiary/aromatic N) is 2. The summed E-state index contributed by atoms with van der Waals surface area (Å²) in [5, 5.41) is 1.02. The molecule has 2 aromatic carbocycles. The summed E-state index contributed by atoms with van der Waals surface area (Å²) >= 11 is 0. The van der Waals surface area contributed by atoms with Gasteiger partial charge in [0.05, 0.1) is 16.0 Å². The molecule has 0 unspecified atom stereocenters. The molecule has 2 N–H and O–H groups in total. The van der Waals surface area contributed by atoms with Crippen LogP contribution in [0.1, 0.15) is 16.1 Å². The summed E-state index contributed by atoms with van der Waals surface area (Å²) in [6, 6.07) is 18.2. The Kier molecular flexibility index (Phi) is 5.56. The van der Waals surface area contributed by atoms with Crippen molar-refractivity contribution in [1.82, 2.24) is 9.97 Å². The summed E-state index contributed by atoms with van der Waals surface area (Å²) < 4.78 is 23.5. The van der Waals surface area contributed by atoms with Gasteiger partial charge in [-0.25, -0.2) is 8.42 Å². The lowest BCUT2D eigenvalue weighted by molar-refractivity contribution is 0.0999. The average molecular weight is 429 g/mol. The van der Waals surface area contributed by atoms with Crippen LogP contribution < -0.4 is 11.2 Å². The van der Waals surface area contributed by atoms with Crippen molar-refractivity contribution in [3.8, 4) is 11.1 Å². The van der Waals surface area contributed by atoms with Crippen molar-refractivity contribution in [2.24, 2.45) is 5.73 Å². The smallest absolute Gasteiger partial charge is 0.250 e. The average Bonchev–Trinajstić information content (AvgIpc) is 2.77. The molecule has 0 radical (unpaired) electrons. The Morgan fingerprint density at radius 3 is 2.39 bits per heavy atom. The fourth-order valence-corrected chi connectivity index (χ4v) is 4.27. The number of hydrogen-bond acceptors (Lipinski definition) is 5. The van der Waals surface area contributed by atoms with Crippen LogP contribution >= 0.6 is 0 Å². The summed E-state index contributed by atoms with van der Waals surface area (Å²) in [5.74, 6) is -0.491. The van der Waals surface area contributed by atoms with Gasteiger partial charge in [-0.15, -0.1) is 0 Å². The second-order valence-corrected chi connectivity index (χ2v) is 9.38. The summed E-state index contributed by atoms with van der Waals surface area (Å²) in [6.45, 7) is 0. The number of benzene rings is 2. The van der Waals surface area contributed by atoms with E-state index in [0.29, 0.717) is 24.9 Å². The van der Waals surface area contributed by atoms with Gasteiger partial charge in [0.15, 0.2) is 17.1 Å². The number of primary amides is 1. The summed E-state index contributed by atoms with van der Waals surface area (Å²) in [5.41, 5.74) is 10.3. The molecule has 154 valence electrons. The number of nitrogens with two attached hydrogens (primary N) is 1. The van der Waals surface area contributed by atoms with Gasteiger partial charge < -0.3 is 5.73 Å². The molecular weight excluding hydrogens is 409 g/mol. The quantitative estimate of drug-likeness (QED) is 0.473. The minimum atomic E-state index is -3.25. The van der Waals surface area contributed by atoms with Crippen LogP contribution in [0.2, 0.25) is 0 Å². The first-order valence-corrected chi connectivity index (χ1v) is 11.6. The minimum Gasteiger partial charge on any atom is -0.366 e. The molecule has 0 aliphatic carbocycles. The highest BCUT2D eigenvalue weighted by molar-refractivity contribution is 7.90. The number of aromatic nitrogens is 2. The van der Waals surface area contributed by atoms with Gasteiger partial charge in [0.2, 0.25) is 0 Å². The first-order chi connectivity index (χ1) is 14.8. The number of carbonyl (C=O) groups is 1. The lowest BCUT2D eigenvalue weighted by Gasteiger charge is -2.11. The zero-order valence-corrected chi connectivity index (χ0v) is 17.8. The maximum absolute atomic E-state index is 11.8. The van der Waals surface area contributed by atoms with Crippen LogP contribution in [-0.4, -0.2) is 37.8 Å². The van der Waals surface area contributed by atoms with Gasteiger partial charge in [-0.05, 0) is 59.2 Å². The van der Waals surface area contributed by atoms with Crippen molar-refractivity contribution < 1.29 is 13.2 Å². The van der Waals surface area contributed by atoms with Crippen molar-refractivity contribution in [1.29, 1.82) is 0 Å². The summed E-state index contributed by atoms with van der Waals surface area (Å²) in [7, 11) is -2.60. The fraction of sp³-hybridized carbons (Fsp3) is 0.0870. The summed E-state index contributed by atoms with van der Waals surface area (Å²) in [4.78, 5) is 20.8. The molecule has 31 heavy (non-hydrogen) atoms. The Balaban J connectivity index is 1.73. The molecule has 0 spiro atoms. The van der Waals surface area contributed by atoms with Crippen LogP contribution in [0.25, 0.3) is 22.0 Å². The Morgan fingerprint density at radius 2 is 1.68 bits per heavy atom. The maximum atomic E-state index is 11.8. The van der Waals surface area contributed by atoms with E-state index in [9.17, 15) is 13.2 Å². The van der Waals surface area contributed by atoms with Crippen LogP contribution in [-0.2, 0) is 16.2 Å². The Morgan fingerprint density at radius 1 is 0.968 bits per heavy atom. The molecule has 4 aromatic rings. The largest absolute Gasteiger partial charge is 0.366 e. The molecule has 0 bridgehead atoms. The number of sulfone groups is 1. The van der Waals surface area contributed by atoms with Gasteiger partial charge in [0, 0.05) is 24.3 Å². The Labute approximate surface area is 181 Å². The summed E-state index contributed by atoms with van der Waals surface area (Å²) in [6.07, 6.45) is 5.14. The van der Waals surface area contributed by atoms with E-state index in [1.165, 1.54) is 6.26 Å². The van der Waals surface area contributed by atoms with Crippen LogP contribution in [0.15, 0.2) is 78.0 Å². The fourth-order valence-electron chi connectivity index (χ4n) is 3.64. The van der Waals surface area contributed by atoms with E-state index in [0.717, 1.165) is 27.5 Å². The SMILES string of the molecule is CS(=O)(=O)c1ccc(-c2cc(BCc3ncccc3C(N)=O)c3cccnc3c2)cc1. The molecule has 8 heteroatoms. The standard InChI is InChI=1S/C23H20BN3O3S/c1-31(29,30)17-8-6-15(7-9-17)16-12-20(18-4-2-10-26-21(18)13-16)24-14-22-19(23(25)28)5-3-11-27-22/h2-13,24H,14H2,1H3,(H2,25,28). The van der Waals surface area contributed by atoms with Crippen LogP contribution in [0.5, 0.6) is 0 Å². The van der Waals surface area contributed by atoms with Gasteiger partial charge in [0.1, 0.15) is 0 Å². The molecule has 0 aliphatic heterocycles. The number of carbonyl (C=O) groups excluding carboxylic acids is 1. The topological polar surface area (TPSA) is 103 Å². The van der Waals surface area contributed by atoms with E-state index in [2.05, 4.69) is 16.0 Å². The number of amides is 1. The highest BCUT2D eigenvalue weighted by atomic mass is 32.2. The van der Waals surface area contributed by atoms with Crippen molar-refractivity contribution in [3.63, 3.8) is 0 Å². The second-order valence-electron chi connectivity index (χ2n) is 7.36. The molecule has 4 rings (SSSR count). The van der Waals surface area contributed by atoms with E-state index in [-0.39, 0.29) is 4.90 Å². The molecular formula is C23H20BN3O3S. The van der Waals surface area contributed by atoms with E-state index < -0.39 is 15.7 Å².